The van der Waals surface area contributed by atoms with E-state index >= 15 is 0 Å². The number of hydrogen-bond acceptors (Lipinski definition) is 2. The van der Waals surface area contributed by atoms with Gasteiger partial charge in [0, 0.05) is 19.4 Å². The highest BCUT2D eigenvalue weighted by molar-refractivity contribution is 5.84. The molecule has 6 heteroatoms. The lowest BCUT2D eigenvalue weighted by atomic mass is 9.74. The van der Waals surface area contributed by atoms with E-state index in [0.717, 1.165) is 23.6 Å². The van der Waals surface area contributed by atoms with Gasteiger partial charge in [0.2, 0.25) is 12.1 Å². The van der Waals surface area contributed by atoms with Crippen LogP contribution in [-0.4, -0.2) is 101 Å². The topological polar surface area (TPSA) is 24.5 Å². The summed E-state index contributed by atoms with van der Waals surface area (Å²) in [5.74, 6) is 1.86. The number of rotatable bonds is 27. The minimum atomic E-state index is -1.08. The molecule has 0 aromatic heterocycles. The molecule has 3 heterocycles. The fourth-order valence-corrected chi connectivity index (χ4v) is 11.6. The molecule has 5 rings (SSSR count). The van der Waals surface area contributed by atoms with Crippen LogP contribution in [0.15, 0.2) is 30.3 Å². The Balaban J connectivity index is 1.55. The molecule has 1 fully saturated rings. The highest BCUT2D eigenvalue weighted by Crippen LogP contribution is 2.47. The normalized spacial score (nSPS) is 18.3. The van der Waals surface area contributed by atoms with Crippen LogP contribution in [0.1, 0.15) is 234 Å². The van der Waals surface area contributed by atoms with Crippen LogP contribution >= 0.6 is 0 Å². The molecule has 1 saturated heterocycles. The molecule has 366 valence electrons. The summed E-state index contributed by atoms with van der Waals surface area (Å²) in [5, 5.41) is 0. The van der Waals surface area contributed by atoms with Crippen LogP contribution in [0.25, 0.3) is 0 Å². The average Bonchev–Trinajstić information content (AvgIpc) is 3.48. The third kappa shape index (κ3) is 12.5. The van der Waals surface area contributed by atoms with Gasteiger partial charge in [0.15, 0.2) is 23.9 Å². The summed E-state index contributed by atoms with van der Waals surface area (Å²) in [6.45, 7) is 46.9. The summed E-state index contributed by atoms with van der Waals surface area (Å²) in [4.78, 5) is 0. The van der Waals surface area contributed by atoms with Gasteiger partial charge in [-0.1, -0.05) is 150 Å². The first kappa shape index (κ1) is 53.3. The third-order valence-electron chi connectivity index (χ3n) is 16.1. The molecule has 2 aromatic carbocycles. The van der Waals surface area contributed by atoms with Crippen molar-refractivity contribution in [3.63, 3.8) is 0 Å². The van der Waals surface area contributed by atoms with Crippen LogP contribution in [-0.2, 0) is 16.2 Å². The predicted octanol–water partition coefficient (Wildman–Crippen LogP) is 14.3. The minimum absolute atomic E-state index is 0.0252. The highest BCUT2D eigenvalue weighted by atomic mass is 16.7. The van der Waals surface area contributed by atoms with Gasteiger partial charge in [-0.2, -0.15) is 0 Å². The largest absolute Gasteiger partial charge is 0.704 e. The van der Waals surface area contributed by atoms with Gasteiger partial charge in [-0.3, -0.25) is 0 Å². The number of quaternary nitrogens is 2. The Labute approximate surface area is 401 Å². The first-order valence-corrected chi connectivity index (χ1v) is 27.4. The summed E-state index contributed by atoms with van der Waals surface area (Å²) in [5.41, 5.74) is 6.15. The Morgan fingerprint density at radius 2 is 0.969 bits per heavy atom. The Morgan fingerprint density at radius 1 is 0.523 bits per heavy atom. The lowest BCUT2D eigenvalue weighted by Gasteiger charge is -2.42. The first-order chi connectivity index (χ1) is 30.7. The molecule has 65 heavy (non-hydrogen) atoms. The summed E-state index contributed by atoms with van der Waals surface area (Å²) in [7, 11) is 0. The number of fused-ring (bicyclic) bond motifs is 2. The van der Waals surface area contributed by atoms with Crippen LogP contribution < -0.4 is 9.47 Å². The van der Waals surface area contributed by atoms with Crippen LogP contribution in [0.4, 0.5) is 0 Å². The molecule has 0 saturated carbocycles. The number of ether oxygens (including phenoxy) is 2. The van der Waals surface area contributed by atoms with E-state index in [0.29, 0.717) is 0 Å². The second-order valence-corrected chi connectivity index (χ2v) is 24.4. The lowest BCUT2D eigenvalue weighted by molar-refractivity contribution is -0.929. The molecule has 2 aromatic rings. The number of hydrogen-bond donors (Lipinski definition) is 0. The maximum absolute atomic E-state index is 7.36. The maximum atomic E-state index is 7.36. The summed E-state index contributed by atoms with van der Waals surface area (Å²) in [6, 6.07) is 10.9. The van der Waals surface area contributed by atoms with E-state index in [2.05, 4.69) is 156 Å². The Hall–Kier alpha value is -2.70. The molecule has 1 atom stereocenters. The molecular weight excluding hydrogens is 797 g/mol. The first-order valence-electron chi connectivity index (χ1n) is 27.4. The quantitative estimate of drug-likeness (QED) is 0.0659. The van der Waals surface area contributed by atoms with E-state index in [1.165, 1.54) is 186 Å². The lowest BCUT2D eigenvalue weighted by Crippen LogP contribution is -2.61. The van der Waals surface area contributed by atoms with Crippen LogP contribution in [0.3, 0.4) is 0 Å². The molecule has 1 spiro atoms. The molecule has 0 N–H and O–H groups in total. The van der Waals surface area contributed by atoms with Gasteiger partial charge in [0.25, 0.3) is 0 Å². The van der Waals surface area contributed by atoms with Gasteiger partial charge < -0.3 is 18.4 Å². The smallest absolute Gasteiger partial charge is 0.341 e. The van der Waals surface area contributed by atoms with Crippen molar-refractivity contribution in [3.05, 3.63) is 58.1 Å². The summed E-state index contributed by atoms with van der Waals surface area (Å²) in [6.07, 6.45) is 25.5. The van der Waals surface area contributed by atoms with Crippen molar-refractivity contribution >= 4 is 12.4 Å². The van der Waals surface area contributed by atoms with Crippen molar-refractivity contribution in [1.29, 1.82) is 0 Å². The average molecular weight is 899 g/mol. The van der Waals surface area contributed by atoms with Crippen molar-refractivity contribution in [2.45, 2.75) is 234 Å². The van der Waals surface area contributed by atoms with Gasteiger partial charge in [-0.15, -0.1) is 0 Å². The van der Waals surface area contributed by atoms with E-state index in [1.54, 1.807) is 0 Å². The molecule has 3 aliphatic rings. The molecule has 1 unspecified atom stereocenters. The van der Waals surface area contributed by atoms with Crippen molar-refractivity contribution in [2.75, 3.05) is 58.9 Å². The number of benzene rings is 2. The van der Waals surface area contributed by atoms with E-state index in [-0.39, 0.29) is 21.8 Å². The zero-order chi connectivity index (χ0) is 47.7. The standard InChI is InChI=1S/C59H102N4O2/c1-16-22-34-62(35-23-17-2,36-24-18-3)40-28-32-58(15,33-29-41-63(37-25-19-4,38-26-20-5)39-27-21-6)50-30-31-53-48(42-50)46-61-57(13,14)47-60-45-49-43-51(55(7,8)9)44-52(56(10,11)12)54(49)65-59(60,61)64-53/h30-31,42-46H,16-29,32-41,47H2,1-15H3/q+4. The monoisotopic (exact) mass is 899 g/mol. The Bertz CT molecular complexity index is 1830. The maximum Gasteiger partial charge on any atom is 0.704 e. The molecule has 6 nitrogen and oxygen atoms in total. The third-order valence-corrected chi connectivity index (χ3v) is 16.1. The Kier molecular flexibility index (Phi) is 18.2. The van der Waals surface area contributed by atoms with Gasteiger partial charge in [-0.05, 0) is 110 Å². The van der Waals surface area contributed by atoms with Crippen LogP contribution in [0.2, 0.25) is 0 Å². The summed E-state index contributed by atoms with van der Waals surface area (Å²) < 4.78 is 22.0. The molecule has 0 radical (unpaired) electrons. The SMILES string of the molecule is CCCC[N+](CCCC)(CCCC)CCCC(C)(CCC[N+](CCCC)(CCCC)CCCC)c1ccc2c(c1)C=[N+]1C(C)(C)C[N+]3=Cc4cc(C(C)(C)C)cc(C(C)(C)C)c4OC31O2. The molecule has 0 bridgehead atoms. The number of nitrogens with zero attached hydrogens (tertiary/aromatic N) is 4. The highest BCUT2D eigenvalue weighted by Gasteiger charge is 2.75. The Morgan fingerprint density at radius 3 is 1.40 bits per heavy atom. The van der Waals surface area contributed by atoms with E-state index in [9.17, 15) is 0 Å². The van der Waals surface area contributed by atoms with Crippen molar-refractivity contribution < 1.29 is 27.6 Å². The van der Waals surface area contributed by atoms with Crippen molar-refractivity contribution in [1.82, 2.24) is 0 Å². The summed E-state index contributed by atoms with van der Waals surface area (Å²) >= 11 is 0. The van der Waals surface area contributed by atoms with Crippen molar-refractivity contribution in [2.24, 2.45) is 0 Å². The minimum Gasteiger partial charge on any atom is -0.341 e. The second-order valence-electron chi connectivity index (χ2n) is 24.4. The van der Waals surface area contributed by atoms with Crippen molar-refractivity contribution in [3.8, 4) is 11.5 Å². The molecular formula is C59H102N4O2+4. The van der Waals surface area contributed by atoms with E-state index in [1.807, 2.05) is 0 Å². The zero-order valence-electron chi connectivity index (χ0n) is 45.3. The predicted molar refractivity (Wildman–Crippen MR) is 279 cm³/mol. The van der Waals surface area contributed by atoms with Crippen LogP contribution in [0, 0.1) is 0 Å². The van der Waals surface area contributed by atoms with Gasteiger partial charge in [-0.25, -0.2) is 0 Å². The van der Waals surface area contributed by atoms with Gasteiger partial charge >= 0.3 is 6.03 Å². The van der Waals surface area contributed by atoms with Crippen LogP contribution in [0.5, 0.6) is 11.5 Å². The van der Waals surface area contributed by atoms with E-state index in [4.69, 9.17) is 9.47 Å². The second kappa shape index (κ2) is 22.2. The molecule has 3 aliphatic heterocycles. The van der Waals surface area contributed by atoms with Gasteiger partial charge in [0.1, 0.15) is 0 Å². The molecule has 0 aliphatic carbocycles. The van der Waals surface area contributed by atoms with E-state index < -0.39 is 6.03 Å². The zero-order valence-corrected chi connectivity index (χ0v) is 45.3. The fraction of sp³-hybridized carbons (Fsp3) is 0.763. The number of unbranched alkanes of at least 4 members (excludes halogenated alkanes) is 6. The fourth-order valence-electron chi connectivity index (χ4n) is 11.6. The van der Waals surface area contributed by atoms with Gasteiger partial charge in [0.05, 0.1) is 63.5 Å². The molecule has 0 amide bonds.